The summed E-state index contributed by atoms with van der Waals surface area (Å²) in [5.74, 6) is -0.584. The molecule has 0 aliphatic rings. The minimum Gasteiger partial charge on any atom is -0.463 e. The SMILES string of the molecule is CCCCCCC=CCCCCCC(CC(=O)OCC(O)CO)C(=O)CCCCCCCCCCCCC. The second-order valence-corrected chi connectivity index (χ2v) is 11.1. The summed E-state index contributed by atoms with van der Waals surface area (Å²) in [7, 11) is 0. The maximum atomic E-state index is 12.9. The number of unbranched alkanes of at least 4 members (excludes halogenated alkanes) is 17. The molecule has 0 aliphatic carbocycles. The molecule has 0 fully saturated rings. The number of ketones is 1. The Bertz CT molecular complexity index is 560. The van der Waals surface area contributed by atoms with E-state index in [-0.39, 0.29) is 24.7 Å². The van der Waals surface area contributed by atoms with Crippen molar-refractivity contribution in [3.63, 3.8) is 0 Å². The summed E-state index contributed by atoms with van der Waals surface area (Å²) < 4.78 is 5.08. The van der Waals surface area contributed by atoms with Crippen LogP contribution in [0, 0.1) is 5.92 Å². The molecule has 2 unspecified atom stereocenters. The number of allylic oxidation sites excluding steroid dienone is 2. The zero-order chi connectivity index (χ0) is 28.1. The van der Waals surface area contributed by atoms with Crippen molar-refractivity contribution in [3.8, 4) is 0 Å². The van der Waals surface area contributed by atoms with E-state index in [0.29, 0.717) is 6.42 Å². The normalized spacial score (nSPS) is 13.2. The minimum absolute atomic E-state index is 0.0761. The molecule has 224 valence electrons. The van der Waals surface area contributed by atoms with Gasteiger partial charge < -0.3 is 14.9 Å². The molecule has 0 amide bonds. The summed E-state index contributed by atoms with van der Waals surface area (Å²) in [5.41, 5.74) is 0. The lowest BCUT2D eigenvalue weighted by Gasteiger charge is -2.16. The number of ether oxygens (including phenoxy) is 1. The van der Waals surface area contributed by atoms with Crippen LogP contribution in [-0.2, 0) is 14.3 Å². The lowest BCUT2D eigenvalue weighted by Crippen LogP contribution is -2.25. The van der Waals surface area contributed by atoms with E-state index in [9.17, 15) is 14.7 Å². The minimum atomic E-state index is -1.07. The van der Waals surface area contributed by atoms with Crippen molar-refractivity contribution < 1.29 is 24.5 Å². The molecule has 5 heteroatoms. The van der Waals surface area contributed by atoms with E-state index in [1.54, 1.807) is 0 Å². The number of hydrogen-bond acceptors (Lipinski definition) is 5. The molecule has 0 bridgehead atoms. The van der Waals surface area contributed by atoms with E-state index in [1.807, 2.05) is 0 Å². The number of aliphatic hydroxyl groups is 2. The first-order valence-corrected chi connectivity index (χ1v) is 16.2. The number of hydrogen-bond donors (Lipinski definition) is 2. The average Bonchev–Trinajstić information content (AvgIpc) is 2.92. The first-order chi connectivity index (χ1) is 18.5. The van der Waals surface area contributed by atoms with Gasteiger partial charge in [0.2, 0.25) is 0 Å². The quantitative estimate of drug-likeness (QED) is 0.0565. The fraction of sp³-hybridized carbons (Fsp3) is 0.879. The number of carbonyl (C=O) groups excluding carboxylic acids is 2. The molecular formula is C33H62O5. The summed E-state index contributed by atoms with van der Waals surface area (Å²) in [6.07, 6.45) is 29.1. The molecule has 0 spiro atoms. The Balaban J connectivity index is 4.22. The van der Waals surface area contributed by atoms with E-state index >= 15 is 0 Å². The first-order valence-electron chi connectivity index (χ1n) is 16.2. The average molecular weight is 539 g/mol. The fourth-order valence-electron chi connectivity index (χ4n) is 4.80. The van der Waals surface area contributed by atoms with Gasteiger partial charge in [0.1, 0.15) is 18.5 Å². The van der Waals surface area contributed by atoms with Crippen LogP contribution in [-0.4, -0.2) is 41.3 Å². The van der Waals surface area contributed by atoms with Crippen LogP contribution in [0.15, 0.2) is 12.2 Å². The number of carbonyl (C=O) groups is 2. The standard InChI is InChI=1S/C33H62O5/c1-3-5-7-9-11-13-15-17-19-21-23-25-30(27-33(37)38-29-31(35)28-34)32(36)26-24-22-20-18-16-14-12-10-8-6-4-2/h13,15,30-31,34-35H,3-12,14,16-29H2,1-2H3. The van der Waals surface area contributed by atoms with Crippen LogP contribution >= 0.6 is 0 Å². The van der Waals surface area contributed by atoms with Crippen molar-refractivity contribution in [2.45, 2.75) is 168 Å². The van der Waals surface area contributed by atoms with Gasteiger partial charge >= 0.3 is 5.97 Å². The molecule has 2 atom stereocenters. The Hall–Kier alpha value is -1.20. The van der Waals surface area contributed by atoms with Gasteiger partial charge in [-0.25, -0.2) is 0 Å². The van der Waals surface area contributed by atoms with Crippen LogP contribution in [0.3, 0.4) is 0 Å². The third kappa shape index (κ3) is 25.1. The lowest BCUT2D eigenvalue weighted by atomic mass is 9.90. The van der Waals surface area contributed by atoms with Crippen molar-refractivity contribution in [1.82, 2.24) is 0 Å². The molecule has 0 saturated carbocycles. The van der Waals surface area contributed by atoms with Crippen molar-refractivity contribution in [2.75, 3.05) is 13.2 Å². The van der Waals surface area contributed by atoms with Crippen LogP contribution in [0.2, 0.25) is 0 Å². The van der Waals surface area contributed by atoms with Gasteiger partial charge in [0, 0.05) is 12.3 Å². The van der Waals surface area contributed by atoms with Gasteiger partial charge in [-0.15, -0.1) is 0 Å². The lowest BCUT2D eigenvalue weighted by molar-refractivity contribution is -0.150. The molecule has 0 heterocycles. The fourth-order valence-corrected chi connectivity index (χ4v) is 4.80. The van der Waals surface area contributed by atoms with E-state index in [0.717, 1.165) is 44.9 Å². The van der Waals surface area contributed by atoms with Crippen molar-refractivity contribution in [3.05, 3.63) is 12.2 Å². The zero-order valence-electron chi connectivity index (χ0n) is 25.1. The highest BCUT2D eigenvalue weighted by atomic mass is 16.5. The highest BCUT2D eigenvalue weighted by molar-refractivity contribution is 5.85. The Morgan fingerprint density at radius 3 is 1.68 bits per heavy atom. The molecule has 5 nitrogen and oxygen atoms in total. The van der Waals surface area contributed by atoms with Crippen LogP contribution in [0.25, 0.3) is 0 Å². The van der Waals surface area contributed by atoms with Gasteiger partial charge in [0.15, 0.2) is 0 Å². The summed E-state index contributed by atoms with van der Waals surface area (Å²) in [5, 5.41) is 18.4. The first kappa shape index (κ1) is 36.8. The monoisotopic (exact) mass is 538 g/mol. The molecular weight excluding hydrogens is 476 g/mol. The van der Waals surface area contributed by atoms with E-state index in [1.165, 1.54) is 89.9 Å². The smallest absolute Gasteiger partial charge is 0.306 e. The van der Waals surface area contributed by atoms with Crippen molar-refractivity contribution in [1.29, 1.82) is 0 Å². The van der Waals surface area contributed by atoms with Crippen LogP contribution in [0.5, 0.6) is 0 Å². The molecule has 0 saturated heterocycles. The highest BCUT2D eigenvalue weighted by Gasteiger charge is 2.22. The molecule has 2 N–H and O–H groups in total. The summed E-state index contributed by atoms with van der Waals surface area (Å²) in [6.45, 7) is 3.82. The van der Waals surface area contributed by atoms with Gasteiger partial charge in [-0.1, -0.05) is 122 Å². The molecule has 0 aromatic rings. The van der Waals surface area contributed by atoms with Gasteiger partial charge in [0.25, 0.3) is 0 Å². The molecule has 0 radical (unpaired) electrons. The molecule has 38 heavy (non-hydrogen) atoms. The molecule has 0 aromatic heterocycles. The summed E-state index contributed by atoms with van der Waals surface area (Å²) in [4.78, 5) is 25.2. The predicted octanol–water partition coefficient (Wildman–Crippen LogP) is 8.64. The summed E-state index contributed by atoms with van der Waals surface area (Å²) >= 11 is 0. The number of esters is 1. The Morgan fingerprint density at radius 1 is 0.684 bits per heavy atom. The third-order valence-electron chi connectivity index (χ3n) is 7.36. The molecule has 0 aliphatic heterocycles. The Morgan fingerprint density at radius 2 is 1.16 bits per heavy atom. The van der Waals surface area contributed by atoms with Gasteiger partial charge in [-0.2, -0.15) is 0 Å². The second-order valence-electron chi connectivity index (χ2n) is 11.1. The molecule has 0 aromatic carbocycles. The van der Waals surface area contributed by atoms with E-state index < -0.39 is 18.7 Å². The van der Waals surface area contributed by atoms with Gasteiger partial charge in [-0.05, 0) is 38.5 Å². The second kappa shape index (κ2) is 28.8. The van der Waals surface area contributed by atoms with E-state index in [2.05, 4.69) is 26.0 Å². The van der Waals surface area contributed by atoms with Crippen molar-refractivity contribution in [2.24, 2.45) is 5.92 Å². The number of rotatable bonds is 29. The zero-order valence-corrected chi connectivity index (χ0v) is 25.1. The van der Waals surface area contributed by atoms with Gasteiger partial charge in [0.05, 0.1) is 13.0 Å². The van der Waals surface area contributed by atoms with Crippen LogP contribution < -0.4 is 0 Å². The third-order valence-corrected chi connectivity index (χ3v) is 7.36. The van der Waals surface area contributed by atoms with Crippen LogP contribution in [0.4, 0.5) is 0 Å². The summed E-state index contributed by atoms with van der Waals surface area (Å²) in [6, 6.07) is 0. The Labute approximate surface area is 235 Å². The van der Waals surface area contributed by atoms with Crippen LogP contribution in [0.1, 0.15) is 162 Å². The topological polar surface area (TPSA) is 83.8 Å². The molecule has 0 rings (SSSR count). The maximum Gasteiger partial charge on any atom is 0.306 e. The highest BCUT2D eigenvalue weighted by Crippen LogP contribution is 2.20. The largest absolute Gasteiger partial charge is 0.463 e. The van der Waals surface area contributed by atoms with Crippen molar-refractivity contribution >= 4 is 11.8 Å². The van der Waals surface area contributed by atoms with E-state index in [4.69, 9.17) is 9.84 Å². The maximum absolute atomic E-state index is 12.9. The van der Waals surface area contributed by atoms with Gasteiger partial charge in [-0.3, -0.25) is 9.59 Å². The number of aliphatic hydroxyl groups excluding tert-OH is 2. The predicted molar refractivity (Wildman–Crippen MR) is 159 cm³/mol. The number of Topliss-reactive ketones (excluding diaryl/α,β-unsaturated/α-hetero) is 1. The Kier molecular flexibility index (Phi) is 27.9.